The van der Waals surface area contributed by atoms with Gasteiger partial charge in [0.25, 0.3) is 11.8 Å². The summed E-state index contributed by atoms with van der Waals surface area (Å²) in [6, 6.07) is 9.11. The number of hydrogen-bond donors (Lipinski definition) is 2. The van der Waals surface area contributed by atoms with Crippen LogP contribution >= 0.6 is 0 Å². The summed E-state index contributed by atoms with van der Waals surface area (Å²) >= 11 is 0. The van der Waals surface area contributed by atoms with Gasteiger partial charge < -0.3 is 15.2 Å². The maximum absolute atomic E-state index is 12.3. The van der Waals surface area contributed by atoms with Crippen LogP contribution in [0, 0.1) is 0 Å². The fourth-order valence-corrected chi connectivity index (χ4v) is 2.89. The van der Waals surface area contributed by atoms with Gasteiger partial charge in [0.05, 0.1) is 0 Å². The van der Waals surface area contributed by atoms with Crippen molar-refractivity contribution in [2.24, 2.45) is 0 Å². The molecule has 2 aromatic rings. The molecular formula is C18H21N3O3. The molecule has 24 heavy (non-hydrogen) atoms. The third kappa shape index (κ3) is 3.48. The number of carbonyl (C=O) groups is 2. The number of fused-ring (bicyclic) bond motifs is 1. The molecule has 1 aliphatic rings. The molecule has 2 N–H and O–H groups in total. The van der Waals surface area contributed by atoms with Crippen molar-refractivity contribution in [3.63, 3.8) is 0 Å². The second-order valence-corrected chi connectivity index (χ2v) is 6.34. The molecule has 1 unspecified atom stereocenters. The van der Waals surface area contributed by atoms with E-state index < -0.39 is 0 Å². The van der Waals surface area contributed by atoms with Gasteiger partial charge in [-0.05, 0) is 38.8 Å². The number of amides is 2. The van der Waals surface area contributed by atoms with Crippen LogP contribution in [0.2, 0.25) is 0 Å². The van der Waals surface area contributed by atoms with Crippen LogP contribution in [0.25, 0.3) is 0 Å². The second-order valence-electron chi connectivity index (χ2n) is 6.34. The van der Waals surface area contributed by atoms with Crippen molar-refractivity contribution < 1.29 is 14.1 Å². The summed E-state index contributed by atoms with van der Waals surface area (Å²) < 4.78 is 5.30. The molecule has 1 heterocycles. The third-order valence-electron chi connectivity index (χ3n) is 4.05. The molecule has 126 valence electrons. The Labute approximate surface area is 140 Å². The Morgan fingerprint density at radius 2 is 1.96 bits per heavy atom. The summed E-state index contributed by atoms with van der Waals surface area (Å²) in [5.74, 6) is 0.410. The van der Waals surface area contributed by atoms with Crippen LogP contribution in [0.15, 0.2) is 34.9 Å². The average molecular weight is 327 g/mol. The lowest BCUT2D eigenvalue weighted by molar-refractivity contribution is 0.0928. The van der Waals surface area contributed by atoms with Gasteiger partial charge in [-0.25, -0.2) is 0 Å². The van der Waals surface area contributed by atoms with Gasteiger partial charge in [-0.3, -0.25) is 9.59 Å². The van der Waals surface area contributed by atoms with Crippen molar-refractivity contribution in [1.82, 2.24) is 15.8 Å². The Balaban J connectivity index is 1.71. The monoisotopic (exact) mass is 327 g/mol. The second kappa shape index (κ2) is 6.86. The zero-order chi connectivity index (χ0) is 17.1. The van der Waals surface area contributed by atoms with Gasteiger partial charge in [0.1, 0.15) is 5.76 Å². The van der Waals surface area contributed by atoms with E-state index in [1.165, 1.54) is 0 Å². The van der Waals surface area contributed by atoms with Crippen molar-refractivity contribution in [3.8, 4) is 0 Å². The maximum Gasteiger partial charge on any atom is 0.273 e. The molecule has 0 saturated heterocycles. The summed E-state index contributed by atoms with van der Waals surface area (Å²) in [7, 11) is 0. The zero-order valence-corrected chi connectivity index (χ0v) is 13.8. The summed E-state index contributed by atoms with van der Waals surface area (Å²) in [5.41, 5.74) is 1.77. The molecule has 1 aromatic heterocycles. The van der Waals surface area contributed by atoms with E-state index in [-0.39, 0.29) is 23.9 Å². The van der Waals surface area contributed by atoms with Gasteiger partial charge >= 0.3 is 0 Å². The van der Waals surface area contributed by atoms with Gasteiger partial charge in [0.15, 0.2) is 5.69 Å². The van der Waals surface area contributed by atoms with E-state index in [1.54, 1.807) is 12.1 Å². The molecule has 1 aliphatic carbocycles. The molecule has 2 amide bonds. The van der Waals surface area contributed by atoms with Crippen LogP contribution in [-0.4, -0.2) is 29.1 Å². The Morgan fingerprint density at radius 3 is 2.67 bits per heavy atom. The summed E-state index contributed by atoms with van der Waals surface area (Å²) in [6.45, 7) is 3.79. The van der Waals surface area contributed by atoms with E-state index in [0.29, 0.717) is 24.1 Å². The first-order valence-corrected chi connectivity index (χ1v) is 8.18. The number of nitrogens with one attached hydrogen (secondary N) is 2. The van der Waals surface area contributed by atoms with Gasteiger partial charge in [0.2, 0.25) is 0 Å². The van der Waals surface area contributed by atoms with E-state index in [0.717, 1.165) is 17.7 Å². The van der Waals surface area contributed by atoms with E-state index in [1.807, 2.05) is 32.0 Å². The molecule has 1 aromatic carbocycles. The van der Waals surface area contributed by atoms with E-state index in [9.17, 15) is 9.59 Å². The minimum absolute atomic E-state index is 0.0296. The maximum atomic E-state index is 12.3. The third-order valence-corrected chi connectivity index (χ3v) is 4.05. The number of hydrogen-bond acceptors (Lipinski definition) is 4. The molecule has 0 radical (unpaired) electrons. The van der Waals surface area contributed by atoms with E-state index >= 15 is 0 Å². The number of aromatic nitrogens is 1. The fourth-order valence-electron chi connectivity index (χ4n) is 2.89. The van der Waals surface area contributed by atoms with Gasteiger partial charge in [0, 0.05) is 29.6 Å². The normalized spacial score (nSPS) is 16.5. The topological polar surface area (TPSA) is 84.2 Å². The van der Waals surface area contributed by atoms with Gasteiger partial charge in [-0.15, -0.1) is 0 Å². The summed E-state index contributed by atoms with van der Waals surface area (Å²) in [5, 5.41) is 9.78. The van der Waals surface area contributed by atoms with Crippen LogP contribution < -0.4 is 10.6 Å². The van der Waals surface area contributed by atoms with Crippen LogP contribution in [0.3, 0.4) is 0 Å². The first-order valence-electron chi connectivity index (χ1n) is 8.18. The highest BCUT2D eigenvalue weighted by Crippen LogP contribution is 2.25. The number of aryl methyl sites for hydroxylation is 1. The predicted octanol–water partition coefficient (Wildman–Crippen LogP) is 2.10. The van der Waals surface area contributed by atoms with Gasteiger partial charge in [-0.2, -0.15) is 0 Å². The Kier molecular flexibility index (Phi) is 4.64. The first-order chi connectivity index (χ1) is 11.5. The summed E-state index contributed by atoms with van der Waals surface area (Å²) in [6.07, 6.45) is 1.99. The molecule has 1 atom stereocenters. The van der Waals surface area contributed by atoms with Crippen LogP contribution in [0.1, 0.15) is 52.4 Å². The molecule has 3 rings (SSSR count). The number of benzene rings is 1. The van der Waals surface area contributed by atoms with Gasteiger partial charge in [-0.1, -0.05) is 23.4 Å². The lowest BCUT2D eigenvalue weighted by Crippen LogP contribution is -2.39. The smallest absolute Gasteiger partial charge is 0.273 e. The number of nitrogens with zero attached hydrogens (tertiary/aromatic N) is 1. The Bertz CT molecular complexity index is 737. The Morgan fingerprint density at radius 1 is 1.21 bits per heavy atom. The molecular weight excluding hydrogens is 306 g/mol. The van der Waals surface area contributed by atoms with Crippen LogP contribution in [0.5, 0.6) is 0 Å². The lowest BCUT2D eigenvalue weighted by Gasteiger charge is -2.22. The molecule has 0 aliphatic heterocycles. The van der Waals surface area contributed by atoms with E-state index in [2.05, 4.69) is 15.8 Å². The highest BCUT2D eigenvalue weighted by molar-refractivity contribution is 5.95. The minimum atomic E-state index is -0.231. The summed E-state index contributed by atoms with van der Waals surface area (Å²) in [4.78, 5) is 24.5. The standard InChI is InChI=1S/C18H21N3O3/c1-11(2)19-18(23)16-14-10-13(8-9-15(14)24-21-16)20-17(22)12-6-4-3-5-7-12/h3-7,11,13H,8-10H2,1-2H3,(H,19,23)(H,20,22). The van der Waals surface area contributed by atoms with Crippen molar-refractivity contribution in [1.29, 1.82) is 0 Å². The molecule has 0 saturated carbocycles. The van der Waals surface area contributed by atoms with Crippen molar-refractivity contribution in [3.05, 3.63) is 52.9 Å². The van der Waals surface area contributed by atoms with Crippen LogP contribution in [-0.2, 0) is 12.8 Å². The number of carbonyl (C=O) groups excluding carboxylic acids is 2. The van der Waals surface area contributed by atoms with E-state index in [4.69, 9.17) is 4.52 Å². The first kappa shape index (κ1) is 16.2. The molecule has 0 bridgehead atoms. The van der Waals surface area contributed by atoms with Crippen LogP contribution in [0.4, 0.5) is 0 Å². The molecule has 6 nitrogen and oxygen atoms in total. The highest BCUT2D eigenvalue weighted by atomic mass is 16.5. The van der Waals surface area contributed by atoms with Crippen molar-refractivity contribution >= 4 is 11.8 Å². The highest BCUT2D eigenvalue weighted by Gasteiger charge is 2.29. The minimum Gasteiger partial charge on any atom is -0.360 e. The lowest BCUT2D eigenvalue weighted by atomic mass is 9.91. The fraction of sp³-hybridized carbons (Fsp3) is 0.389. The molecule has 0 spiro atoms. The van der Waals surface area contributed by atoms with Crippen molar-refractivity contribution in [2.45, 2.75) is 45.2 Å². The predicted molar refractivity (Wildman–Crippen MR) is 88.8 cm³/mol. The number of rotatable bonds is 4. The average Bonchev–Trinajstić information content (AvgIpc) is 2.98. The molecule has 6 heteroatoms. The quantitative estimate of drug-likeness (QED) is 0.901. The van der Waals surface area contributed by atoms with Crippen molar-refractivity contribution in [2.75, 3.05) is 0 Å². The zero-order valence-electron chi connectivity index (χ0n) is 13.8. The SMILES string of the molecule is CC(C)NC(=O)c1noc2c1CC(NC(=O)c1ccccc1)CC2. The Hall–Kier alpha value is -2.63. The molecule has 0 fully saturated rings. The largest absolute Gasteiger partial charge is 0.360 e.